The van der Waals surface area contributed by atoms with Crippen LogP contribution in [0.25, 0.3) is 0 Å². The van der Waals surface area contributed by atoms with Crippen molar-refractivity contribution in [3.05, 3.63) is 93.0 Å². The first-order valence-corrected chi connectivity index (χ1v) is 37.8. The summed E-state index contributed by atoms with van der Waals surface area (Å²) >= 11 is 0. The molecule has 24 heteroatoms. The summed E-state index contributed by atoms with van der Waals surface area (Å²) in [7, 11) is 2.33. The molecule has 4 saturated heterocycles. The largest absolute Gasteiger partial charge is 0.493 e. The van der Waals surface area contributed by atoms with Gasteiger partial charge in [-0.3, -0.25) is 38.8 Å². The Balaban J connectivity index is 0.000000270. The molecule has 0 spiro atoms. The molecular weight excluding hydrogens is 1520 g/mol. The molecule has 24 nitrogen and oxygen atoms in total. The van der Waals surface area contributed by atoms with Crippen molar-refractivity contribution in [1.82, 2.24) is 19.6 Å². The molecule has 120 heavy (non-hydrogen) atoms. The fourth-order valence-corrected chi connectivity index (χ4v) is 15.6. The lowest BCUT2D eigenvalue weighted by atomic mass is 9.79. The van der Waals surface area contributed by atoms with Gasteiger partial charge in [-0.25, -0.2) is 0 Å². The summed E-state index contributed by atoms with van der Waals surface area (Å²) in [6.45, 7) is -41.8. The fourth-order valence-electron chi connectivity index (χ4n) is 15.6. The number of methoxy groups -OCH3 is 8. The van der Waals surface area contributed by atoms with Crippen LogP contribution < -0.4 is 60.8 Å². The first kappa shape index (κ1) is 40.4. The van der Waals surface area contributed by atoms with E-state index in [1.54, 1.807) is 17.0 Å². The van der Waals surface area contributed by atoms with Crippen LogP contribution in [0.5, 0.6) is 46.0 Å². The molecule has 0 aliphatic carbocycles. The van der Waals surface area contributed by atoms with E-state index in [-0.39, 0.29) is 79.1 Å². The molecule has 4 fully saturated rings. The van der Waals surface area contributed by atoms with Crippen molar-refractivity contribution in [2.75, 3.05) is 109 Å². The Morgan fingerprint density at radius 2 is 0.625 bits per heavy atom. The molecule has 16 unspecified atom stereocenters. The van der Waals surface area contributed by atoms with Gasteiger partial charge in [0.15, 0.2) is 46.0 Å². The van der Waals surface area contributed by atoms with E-state index in [9.17, 15) is 24.7 Å². The molecule has 8 aliphatic rings. The van der Waals surface area contributed by atoms with E-state index in [1.165, 1.54) is 93.8 Å². The van der Waals surface area contributed by atoms with Gasteiger partial charge in [0.1, 0.15) is 48.5 Å². The number of rotatable bonds is 28. The molecule has 4 aromatic carbocycles. The Labute approximate surface area is 811 Å². The van der Waals surface area contributed by atoms with Crippen molar-refractivity contribution in [2.45, 2.75) is 259 Å². The molecule has 0 bridgehead atoms. The summed E-state index contributed by atoms with van der Waals surface area (Å²) in [5.41, 5.74) is 26.3. The van der Waals surface area contributed by atoms with Crippen LogP contribution in [-0.2, 0) is 63.8 Å². The highest BCUT2D eigenvalue weighted by Crippen LogP contribution is 2.50. The van der Waals surface area contributed by atoms with E-state index in [0.29, 0.717) is 63.3 Å². The maximum Gasteiger partial charge on any atom is 0.323 e. The number of ether oxygens (including phenoxy) is 12. The second kappa shape index (κ2) is 43.9. The van der Waals surface area contributed by atoms with Crippen LogP contribution in [-0.4, -0.2) is 201 Å². The zero-order valence-corrected chi connectivity index (χ0v) is 68.2. The third kappa shape index (κ3) is 23.8. The average Bonchev–Trinajstić information content (AvgIpc) is 0.711. The number of hydrogen-bond acceptors (Lipinski definition) is 24. The minimum atomic E-state index is -4.01. The van der Waals surface area contributed by atoms with Gasteiger partial charge in [-0.15, -0.1) is 0 Å². The highest BCUT2D eigenvalue weighted by molar-refractivity contribution is 5.77. The zero-order chi connectivity index (χ0) is 145. The number of nitrogens with zero attached hydrogens (tertiary/aromatic N) is 4. The molecule has 8 N–H and O–H groups in total. The molecular formula is C96H152N8O16. The average molecular weight is 1740 g/mol. The Bertz CT molecular complexity index is 6720. The van der Waals surface area contributed by atoms with E-state index in [2.05, 4.69) is 0 Å². The topological polar surface area (TPSA) is 296 Å². The highest BCUT2D eigenvalue weighted by Gasteiger charge is 2.47. The minimum Gasteiger partial charge on any atom is -0.493 e. The summed E-state index contributed by atoms with van der Waals surface area (Å²) in [4.78, 5) is 60.4. The van der Waals surface area contributed by atoms with Gasteiger partial charge in [0, 0.05) is 197 Å². The van der Waals surface area contributed by atoms with Crippen LogP contribution in [0.1, 0.15) is 320 Å². The third-order valence-corrected chi connectivity index (χ3v) is 21.3. The number of carbonyl (C=O) groups excluding carboxylic acids is 4. The quantitative estimate of drug-likeness (QED) is 0.0303. The lowest BCUT2D eigenvalue weighted by Crippen LogP contribution is -2.51. The Hall–Kier alpha value is -7.16. The molecule has 8 heterocycles. The smallest absolute Gasteiger partial charge is 0.323 e. The molecule has 0 aromatic heterocycles. The van der Waals surface area contributed by atoms with E-state index < -0.39 is 341 Å². The molecule has 0 amide bonds. The number of piperidine rings is 4. The lowest BCUT2D eigenvalue weighted by Gasteiger charge is -2.47. The van der Waals surface area contributed by atoms with Gasteiger partial charge in [0.25, 0.3) is 0 Å². The van der Waals surface area contributed by atoms with Crippen LogP contribution in [0.2, 0.25) is 0 Å². The van der Waals surface area contributed by atoms with Crippen molar-refractivity contribution >= 4 is 23.9 Å². The van der Waals surface area contributed by atoms with Gasteiger partial charge in [-0.2, -0.15) is 0 Å². The van der Waals surface area contributed by atoms with Crippen molar-refractivity contribution in [3.8, 4) is 46.0 Å². The number of fused-ring (bicyclic) bond motifs is 12. The van der Waals surface area contributed by atoms with E-state index >= 15 is 0 Å². The summed E-state index contributed by atoms with van der Waals surface area (Å²) < 4.78 is 597. The van der Waals surface area contributed by atoms with E-state index in [4.69, 9.17) is 165 Å². The number of hydrogen-bond donors (Lipinski definition) is 4. The monoisotopic (exact) mass is 1740 g/mol. The molecule has 12 rings (SSSR count). The number of benzene rings is 4. The fraction of sp³-hybridized carbons (Fsp3) is 0.708. The molecule has 0 saturated carbocycles. The van der Waals surface area contributed by atoms with Crippen LogP contribution in [0.4, 0.5) is 0 Å². The van der Waals surface area contributed by atoms with Crippen molar-refractivity contribution < 1.29 is 166 Å². The summed E-state index contributed by atoms with van der Waals surface area (Å²) in [6, 6.07) is -10.0. The predicted octanol–water partition coefficient (Wildman–Crippen LogP) is 14.3. The number of esters is 4. The van der Waals surface area contributed by atoms with Gasteiger partial charge in [-0.1, -0.05) is 110 Å². The van der Waals surface area contributed by atoms with E-state index in [0.717, 1.165) is 27.7 Å². The van der Waals surface area contributed by atoms with Crippen LogP contribution in [0.15, 0.2) is 48.5 Å². The van der Waals surface area contributed by atoms with Crippen molar-refractivity contribution in [1.29, 1.82) is 0 Å². The lowest BCUT2D eigenvalue weighted by molar-refractivity contribution is -0.161. The third-order valence-electron chi connectivity index (χ3n) is 21.3. The normalized spacial score (nSPS) is 40.8. The van der Waals surface area contributed by atoms with Gasteiger partial charge < -0.3 is 79.8 Å². The zero-order valence-electron chi connectivity index (χ0n) is 134. The first-order chi connectivity index (χ1) is 82.5. The predicted molar refractivity (Wildman–Crippen MR) is 471 cm³/mol. The molecule has 672 valence electrons. The van der Waals surface area contributed by atoms with Crippen LogP contribution in [0.3, 0.4) is 0 Å². The molecule has 4 aromatic rings. The van der Waals surface area contributed by atoms with Gasteiger partial charge in [0.2, 0.25) is 0 Å². The summed E-state index contributed by atoms with van der Waals surface area (Å²) in [6.07, 6.45) is -22.2. The maximum atomic E-state index is 13.6. The Morgan fingerprint density at radius 3 is 0.917 bits per heavy atom. The standard InChI is InChI=1S/4C24H38N2O4/c4*1-14(2)9-17-13-26-8-7-16-10-21(28-5)22(29-6)11-18(16)19(26)12-20(17)30-24(27)23(25)15(3)4/h4*10-11,14-15,17,19-20,23H,7-9,12-13,25H2,1-6H3/t4*17?,19?,20?,23-/m0000/s1/i1D3,3D3,4D3,5D3,9D2,14D,15D,20D,23D;1D3,3D3,4D3,5D3,9D2,14D,15D,19D,23D;2*1D3,3D3,4D3,9D2,14D,15D,19D,23D/t4*14?,17?,19?,20?,23-. The van der Waals surface area contributed by atoms with Gasteiger partial charge in [-0.05, 0) is 191 Å². The highest BCUT2D eigenvalue weighted by atomic mass is 16.6. The maximum absolute atomic E-state index is 13.6. The first-order valence-electron chi connectivity index (χ1n) is 70.8. The second-order valence-electron chi connectivity index (χ2n) is 29.1. The van der Waals surface area contributed by atoms with Crippen LogP contribution in [0, 0.1) is 70.8 Å². The van der Waals surface area contributed by atoms with Gasteiger partial charge in [0.05, 0.1) is 75.9 Å². The van der Waals surface area contributed by atoms with E-state index in [1.807, 2.05) is 0 Å². The molecule has 8 aliphatic heterocycles. The Morgan fingerprint density at radius 1 is 0.367 bits per heavy atom. The minimum absolute atomic E-state index is 0.0129. The SMILES string of the molecule is [2H]C([2H])([2H])Oc1cc2c(cc1OC)C1([2H])CC(OC(=O)[C@@]([2H])(N)C([2H])(C([2H])([2H])[2H])C([2H])([2H])[2H])C(C([2H])([2H])C([2H])(C)C([2H])([2H])[2H])CN1CC2.[2H]C([2H])([2H])Oc1cc2c(cc1OC)C1CC([2H])(OC(=O)[C@@]([2H])(N)C([2H])(C([2H])([2H])[2H])C([2H])([2H])[2H])C(C([2H])([2H])C([2H])(C)C([2H])([2H])[2H])CN1CC2.[2H]C12CC(OC(=O)[C@@]([2H])(N)C([2H])(C([2H])([2H])[2H])C([2H])([2H])[2H])C(C([2H])([2H])C([2H])(C)C([2H])([2H])[2H])CN1CCc1cc(OC)c(OC)cc12.[2H]C12CC(OC(=O)[C@@]([2H])(N)C([2H])(C([2H])([2H])[2H])C([2H])([2H])[2H])C(C([2H])([2H])C([2H])(C)C([2H])([2H])[2H])CN1CCc1cc(OC)c(OC)cc12. The number of carbonyl (C=O) groups is 4. The van der Waals surface area contributed by atoms with Crippen molar-refractivity contribution in [3.63, 3.8) is 0 Å². The molecule has 20 atom stereocenters. The Kier molecular flexibility index (Phi) is 14.8. The second-order valence-corrected chi connectivity index (χ2v) is 29.1. The van der Waals surface area contributed by atoms with Crippen molar-refractivity contribution in [2.24, 2.45) is 93.8 Å². The van der Waals surface area contributed by atoms with Gasteiger partial charge >= 0.3 is 23.9 Å². The summed E-state index contributed by atoms with van der Waals surface area (Å²) in [5, 5.41) is 0. The van der Waals surface area contributed by atoms with Crippen LogP contribution >= 0.6 is 0 Å². The molecule has 0 radical (unpaired) electrons. The number of nitrogens with two attached hydrogens (primary N) is 4. The summed E-state index contributed by atoms with van der Waals surface area (Å²) in [5.74, 6) is -41.8.